The molecule has 5 rings (SSSR count). The minimum atomic E-state index is 0.340. The molecule has 10 nitrogen and oxygen atoms in total. The first kappa shape index (κ1) is 21.3. The molecule has 0 aromatic carbocycles. The smallest absolute Gasteiger partial charge is 0.227 e. The summed E-state index contributed by atoms with van der Waals surface area (Å²) < 4.78 is 0. The molecule has 2 saturated heterocycles. The second-order valence-electron chi connectivity index (χ2n) is 8.72. The Morgan fingerprint density at radius 1 is 0.636 bits per heavy atom. The molecule has 3 aromatic heterocycles. The van der Waals surface area contributed by atoms with Crippen LogP contribution >= 0.6 is 0 Å². The maximum Gasteiger partial charge on any atom is 0.227 e. The Hall–Kier alpha value is -3.56. The summed E-state index contributed by atoms with van der Waals surface area (Å²) in [7, 11) is 0. The van der Waals surface area contributed by atoms with Crippen LogP contribution in [0.4, 0.5) is 23.4 Å². The Morgan fingerprint density at radius 2 is 1.12 bits per heavy atom. The van der Waals surface area contributed by atoms with Gasteiger partial charge in [-0.15, -0.1) is 10.2 Å². The van der Waals surface area contributed by atoms with Gasteiger partial charge in [0, 0.05) is 70.8 Å². The third-order valence-corrected chi connectivity index (χ3v) is 6.24. The van der Waals surface area contributed by atoms with Gasteiger partial charge in [-0.25, -0.2) is 4.98 Å². The van der Waals surface area contributed by atoms with E-state index in [0.29, 0.717) is 5.92 Å². The zero-order valence-electron chi connectivity index (χ0n) is 19.2. The lowest BCUT2D eigenvalue weighted by Crippen LogP contribution is -2.48. The molecule has 33 heavy (non-hydrogen) atoms. The average Bonchev–Trinajstić information content (AvgIpc) is 2.89. The molecular weight excluding hydrogens is 416 g/mol. The quantitative estimate of drug-likeness (QED) is 0.578. The summed E-state index contributed by atoms with van der Waals surface area (Å²) in [4.78, 5) is 19.1. The van der Waals surface area contributed by atoms with Crippen LogP contribution in [-0.4, -0.2) is 82.7 Å². The maximum atomic E-state index is 5.01. The molecular formula is C23H30N10. The molecule has 0 atom stereocenters. The lowest BCUT2D eigenvalue weighted by atomic mass is 10.1. The average molecular weight is 447 g/mol. The predicted molar refractivity (Wildman–Crippen MR) is 129 cm³/mol. The molecule has 0 spiro atoms. The van der Waals surface area contributed by atoms with Crippen LogP contribution in [0.25, 0.3) is 0 Å². The minimum absolute atomic E-state index is 0.340. The summed E-state index contributed by atoms with van der Waals surface area (Å²) in [6.07, 6.45) is 3.42. The molecule has 10 heteroatoms. The van der Waals surface area contributed by atoms with E-state index in [2.05, 4.69) is 59.9 Å². The van der Waals surface area contributed by atoms with Crippen molar-refractivity contribution in [2.24, 2.45) is 0 Å². The van der Waals surface area contributed by atoms with Gasteiger partial charge in [0.25, 0.3) is 0 Å². The number of aromatic nitrogens is 6. The van der Waals surface area contributed by atoms with Crippen LogP contribution in [0, 0.1) is 0 Å². The first-order valence-electron chi connectivity index (χ1n) is 11.6. The molecule has 2 aliphatic rings. The van der Waals surface area contributed by atoms with Crippen molar-refractivity contribution in [3.8, 4) is 0 Å². The number of hydrogen-bond acceptors (Lipinski definition) is 10. The van der Waals surface area contributed by atoms with E-state index in [1.807, 2.05) is 24.3 Å². The summed E-state index contributed by atoms with van der Waals surface area (Å²) in [5, 5.41) is 16.5. The van der Waals surface area contributed by atoms with Crippen LogP contribution in [0.2, 0.25) is 0 Å². The predicted octanol–water partition coefficient (Wildman–Crippen LogP) is 1.83. The van der Waals surface area contributed by atoms with Gasteiger partial charge in [-0.1, -0.05) is 13.8 Å². The van der Waals surface area contributed by atoms with E-state index < -0.39 is 0 Å². The van der Waals surface area contributed by atoms with E-state index in [4.69, 9.17) is 9.97 Å². The van der Waals surface area contributed by atoms with Gasteiger partial charge in [0.15, 0.2) is 11.6 Å². The van der Waals surface area contributed by atoms with Gasteiger partial charge in [-0.3, -0.25) is 0 Å². The molecule has 0 amide bonds. The van der Waals surface area contributed by atoms with Gasteiger partial charge in [-0.2, -0.15) is 15.2 Å². The fourth-order valence-electron chi connectivity index (χ4n) is 4.26. The molecule has 0 bridgehead atoms. The zero-order valence-corrected chi connectivity index (χ0v) is 19.2. The second-order valence-corrected chi connectivity index (χ2v) is 8.72. The Labute approximate surface area is 194 Å². The third-order valence-electron chi connectivity index (χ3n) is 6.24. The molecule has 0 aliphatic carbocycles. The molecule has 172 valence electrons. The van der Waals surface area contributed by atoms with Crippen molar-refractivity contribution in [1.82, 2.24) is 30.4 Å². The van der Waals surface area contributed by atoms with Crippen LogP contribution in [0.5, 0.6) is 0 Å². The first-order valence-corrected chi connectivity index (χ1v) is 11.6. The molecule has 0 saturated carbocycles. The van der Waals surface area contributed by atoms with Gasteiger partial charge in [-0.05, 0) is 30.2 Å². The van der Waals surface area contributed by atoms with Crippen molar-refractivity contribution in [1.29, 1.82) is 0 Å². The van der Waals surface area contributed by atoms with Crippen molar-refractivity contribution < 1.29 is 0 Å². The van der Waals surface area contributed by atoms with Crippen LogP contribution in [0.1, 0.15) is 25.5 Å². The number of anilines is 4. The molecule has 0 unspecified atom stereocenters. The molecule has 2 fully saturated rings. The van der Waals surface area contributed by atoms with E-state index in [-0.39, 0.29) is 0 Å². The van der Waals surface area contributed by atoms with Crippen molar-refractivity contribution in [3.05, 3.63) is 48.4 Å². The second kappa shape index (κ2) is 9.51. The van der Waals surface area contributed by atoms with Gasteiger partial charge < -0.3 is 19.6 Å². The van der Waals surface area contributed by atoms with E-state index in [1.165, 1.54) is 0 Å². The van der Waals surface area contributed by atoms with Crippen molar-refractivity contribution in [2.75, 3.05) is 72.0 Å². The van der Waals surface area contributed by atoms with Gasteiger partial charge in [0.05, 0.1) is 5.69 Å². The van der Waals surface area contributed by atoms with Crippen LogP contribution in [0.3, 0.4) is 0 Å². The number of piperazine rings is 2. The largest absolute Gasteiger partial charge is 0.353 e. The van der Waals surface area contributed by atoms with E-state index in [9.17, 15) is 0 Å². The van der Waals surface area contributed by atoms with Gasteiger partial charge >= 0.3 is 0 Å². The third kappa shape index (κ3) is 4.79. The maximum absolute atomic E-state index is 5.01. The standard InChI is InChI=1S/C23H30N10/c1-18(2)19-17-22(32-11-9-30(10-12-32)20-5-3-7-24-28-20)27-23(26-19)33-15-13-31(14-16-33)21-6-4-8-25-29-21/h3-8,17-18H,9-16H2,1-2H3. The molecule has 5 heterocycles. The summed E-state index contributed by atoms with van der Waals surface area (Å²) in [5.74, 6) is 4.04. The fourth-order valence-corrected chi connectivity index (χ4v) is 4.26. The van der Waals surface area contributed by atoms with Crippen LogP contribution in [-0.2, 0) is 0 Å². The fraction of sp³-hybridized carbons (Fsp3) is 0.478. The highest BCUT2D eigenvalue weighted by atomic mass is 15.4. The van der Waals surface area contributed by atoms with Crippen molar-refractivity contribution in [3.63, 3.8) is 0 Å². The molecule has 2 aliphatic heterocycles. The summed E-state index contributed by atoms with van der Waals surface area (Å²) in [6.45, 7) is 11.4. The zero-order chi connectivity index (χ0) is 22.6. The van der Waals surface area contributed by atoms with Crippen LogP contribution in [0.15, 0.2) is 42.7 Å². The Bertz CT molecular complexity index is 952. The lowest BCUT2D eigenvalue weighted by molar-refractivity contribution is 0.618. The lowest BCUT2D eigenvalue weighted by Gasteiger charge is -2.37. The molecule has 3 aromatic rings. The minimum Gasteiger partial charge on any atom is -0.353 e. The summed E-state index contributed by atoms with van der Waals surface area (Å²) in [6, 6.07) is 10.0. The summed E-state index contributed by atoms with van der Waals surface area (Å²) >= 11 is 0. The Kier molecular flexibility index (Phi) is 6.14. The number of hydrogen-bond donors (Lipinski definition) is 0. The highest BCUT2D eigenvalue weighted by Gasteiger charge is 2.24. The SMILES string of the molecule is CC(C)c1cc(N2CCN(c3cccnn3)CC2)nc(N2CCN(c3cccnn3)CC2)n1. The number of nitrogens with zero attached hydrogens (tertiary/aromatic N) is 10. The monoisotopic (exact) mass is 446 g/mol. The first-order chi connectivity index (χ1) is 16.2. The summed E-state index contributed by atoms with van der Waals surface area (Å²) in [5.41, 5.74) is 1.09. The highest BCUT2D eigenvalue weighted by molar-refractivity contribution is 5.50. The van der Waals surface area contributed by atoms with E-state index >= 15 is 0 Å². The van der Waals surface area contributed by atoms with Crippen LogP contribution < -0.4 is 19.6 Å². The molecule has 0 radical (unpaired) electrons. The topological polar surface area (TPSA) is 90.3 Å². The highest BCUT2D eigenvalue weighted by Crippen LogP contribution is 2.25. The van der Waals surface area contributed by atoms with Gasteiger partial charge in [0.1, 0.15) is 5.82 Å². The van der Waals surface area contributed by atoms with E-state index in [1.54, 1.807) is 12.4 Å². The van der Waals surface area contributed by atoms with Gasteiger partial charge in [0.2, 0.25) is 5.95 Å². The number of rotatable bonds is 5. The van der Waals surface area contributed by atoms with Crippen molar-refractivity contribution in [2.45, 2.75) is 19.8 Å². The van der Waals surface area contributed by atoms with E-state index in [0.717, 1.165) is 81.5 Å². The Balaban J connectivity index is 1.29. The normalized spacial score (nSPS) is 17.1. The molecule has 0 N–H and O–H groups in total. The van der Waals surface area contributed by atoms with Crippen molar-refractivity contribution >= 4 is 23.4 Å². The Morgan fingerprint density at radius 3 is 1.58 bits per heavy atom.